The molecule has 2 atom stereocenters. The number of ether oxygens (including phenoxy) is 1. The normalized spacial score (nSPS) is 16.6. The summed E-state index contributed by atoms with van der Waals surface area (Å²) in [4.78, 5) is 41.8. The maximum Gasteiger partial charge on any atom is 0.408 e. The molecule has 0 bridgehead atoms. The first-order chi connectivity index (χ1) is 16.7. The van der Waals surface area contributed by atoms with Crippen molar-refractivity contribution in [1.29, 1.82) is 0 Å². The first kappa shape index (κ1) is 29.5. The average molecular weight is 504 g/mol. The van der Waals surface area contributed by atoms with Gasteiger partial charge >= 0.3 is 6.09 Å². The van der Waals surface area contributed by atoms with Gasteiger partial charge in [-0.3, -0.25) is 9.59 Å². The van der Waals surface area contributed by atoms with Gasteiger partial charge in [0.05, 0.1) is 0 Å². The van der Waals surface area contributed by atoms with Crippen LogP contribution in [0, 0.1) is 6.92 Å². The fraction of sp³-hybridized carbons (Fsp3) is 0.679. The molecule has 1 saturated carbocycles. The van der Waals surface area contributed by atoms with E-state index in [1.165, 1.54) is 0 Å². The molecule has 3 N–H and O–H groups in total. The molecule has 8 heteroatoms. The third-order valence-corrected chi connectivity index (χ3v) is 6.85. The summed E-state index contributed by atoms with van der Waals surface area (Å²) in [5, 5.41) is 15.9. The summed E-state index contributed by atoms with van der Waals surface area (Å²) < 4.78 is 5.34. The van der Waals surface area contributed by atoms with Crippen LogP contribution in [0.15, 0.2) is 18.2 Å². The minimum Gasteiger partial charge on any atom is -0.508 e. The summed E-state index contributed by atoms with van der Waals surface area (Å²) in [6.07, 6.45) is 5.00. The first-order valence-electron chi connectivity index (χ1n) is 13.1. The number of rotatable bonds is 8. The number of nitrogens with zero attached hydrogens (tertiary/aromatic N) is 1. The molecule has 0 spiro atoms. The zero-order chi connectivity index (χ0) is 27.3. The Kier molecular flexibility index (Phi) is 9.80. The maximum absolute atomic E-state index is 13.9. The van der Waals surface area contributed by atoms with Crippen molar-refractivity contribution in [2.45, 2.75) is 123 Å². The van der Waals surface area contributed by atoms with Crippen molar-refractivity contribution in [1.82, 2.24) is 15.5 Å². The highest BCUT2D eigenvalue weighted by Gasteiger charge is 2.42. The topological polar surface area (TPSA) is 108 Å². The second-order valence-corrected chi connectivity index (χ2v) is 11.5. The predicted molar refractivity (Wildman–Crippen MR) is 141 cm³/mol. The largest absolute Gasteiger partial charge is 0.508 e. The fourth-order valence-electron chi connectivity index (χ4n) is 4.49. The van der Waals surface area contributed by atoms with Crippen molar-refractivity contribution in [3.63, 3.8) is 0 Å². The van der Waals surface area contributed by atoms with Crippen molar-refractivity contribution in [2.75, 3.05) is 0 Å². The van der Waals surface area contributed by atoms with Crippen LogP contribution in [0.5, 0.6) is 5.75 Å². The Bertz CT molecular complexity index is 932. The van der Waals surface area contributed by atoms with Crippen molar-refractivity contribution in [3.8, 4) is 5.75 Å². The molecule has 1 fully saturated rings. The second kappa shape index (κ2) is 12.0. The molecule has 0 heterocycles. The Labute approximate surface area is 216 Å². The quantitative estimate of drug-likeness (QED) is 0.456. The van der Waals surface area contributed by atoms with E-state index in [-0.39, 0.29) is 23.6 Å². The molecule has 0 saturated heterocycles. The van der Waals surface area contributed by atoms with E-state index in [9.17, 15) is 19.5 Å². The van der Waals surface area contributed by atoms with Gasteiger partial charge in [-0.25, -0.2) is 4.79 Å². The maximum atomic E-state index is 13.9. The SMILES string of the molecule is CCC(C)(C)N(C(=O)C(C)NC(=O)OC(C)(C)C)C(C(=O)NC1CCCCC1)c1ccc(O)c(C)c1. The zero-order valence-electron chi connectivity index (χ0n) is 23.2. The van der Waals surface area contributed by atoms with Gasteiger partial charge in [0.2, 0.25) is 11.8 Å². The van der Waals surface area contributed by atoms with Crippen LogP contribution in [0.25, 0.3) is 0 Å². The lowest BCUT2D eigenvalue weighted by molar-refractivity contribution is -0.149. The van der Waals surface area contributed by atoms with Crippen molar-refractivity contribution >= 4 is 17.9 Å². The van der Waals surface area contributed by atoms with Gasteiger partial charge in [-0.15, -0.1) is 0 Å². The summed E-state index contributed by atoms with van der Waals surface area (Å²) in [5.74, 6) is -0.522. The molecule has 3 amide bonds. The van der Waals surface area contributed by atoms with Crippen LogP contribution in [0.4, 0.5) is 4.79 Å². The molecular weight excluding hydrogens is 458 g/mol. The van der Waals surface area contributed by atoms with E-state index >= 15 is 0 Å². The lowest BCUT2D eigenvalue weighted by Gasteiger charge is -2.44. The van der Waals surface area contributed by atoms with Crippen LogP contribution in [0.1, 0.15) is 104 Å². The summed E-state index contributed by atoms with van der Waals surface area (Å²) in [5.41, 5.74) is -0.190. The molecule has 0 radical (unpaired) electrons. The number of alkyl carbamates (subject to hydrolysis) is 1. The van der Waals surface area contributed by atoms with Gasteiger partial charge in [-0.2, -0.15) is 0 Å². The number of nitrogens with one attached hydrogen (secondary N) is 2. The van der Waals surface area contributed by atoms with E-state index in [2.05, 4.69) is 10.6 Å². The van der Waals surface area contributed by atoms with E-state index in [0.29, 0.717) is 17.5 Å². The van der Waals surface area contributed by atoms with Gasteiger partial charge in [0.1, 0.15) is 23.4 Å². The van der Waals surface area contributed by atoms with Gasteiger partial charge in [-0.1, -0.05) is 32.3 Å². The number of phenols is 1. The number of aromatic hydroxyl groups is 1. The minimum atomic E-state index is -0.934. The number of aryl methyl sites for hydroxylation is 1. The third kappa shape index (κ3) is 7.87. The molecule has 1 aromatic carbocycles. The molecule has 36 heavy (non-hydrogen) atoms. The Balaban J connectivity index is 2.49. The van der Waals surface area contributed by atoms with Gasteiger partial charge in [0.15, 0.2) is 0 Å². The molecule has 2 rings (SSSR count). The highest BCUT2D eigenvalue weighted by molar-refractivity contribution is 5.92. The summed E-state index contributed by atoms with van der Waals surface area (Å²) >= 11 is 0. The third-order valence-electron chi connectivity index (χ3n) is 6.85. The van der Waals surface area contributed by atoms with Gasteiger partial charge < -0.3 is 25.4 Å². The van der Waals surface area contributed by atoms with E-state index in [1.54, 1.807) is 57.7 Å². The molecule has 1 aromatic rings. The predicted octanol–water partition coefficient (Wildman–Crippen LogP) is 5.12. The van der Waals surface area contributed by atoms with Gasteiger partial charge in [0.25, 0.3) is 0 Å². The first-order valence-corrected chi connectivity index (χ1v) is 13.1. The Hall–Kier alpha value is -2.77. The highest BCUT2D eigenvalue weighted by atomic mass is 16.6. The number of phenolic OH excluding ortho intramolecular Hbond substituents is 1. The molecular formula is C28H45N3O5. The van der Waals surface area contributed by atoms with Crippen LogP contribution in [0.2, 0.25) is 0 Å². The standard InChI is InChI=1S/C28H45N3O5/c1-9-28(7,8)31(25(34)19(3)29-26(35)36-27(4,5)6)23(20-15-16-22(32)18(2)17-20)24(33)30-21-13-11-10-12-14-21/h15-17,19,21,23,32H,9-14H2,1-8H3,(H,29,35)(H,30,33). The van der Waals surface area contributed by atoms with Crippen molar-refractivity contribution < 1.29 is 24.2 Å². The lowest BCUT2D eigenvalue weighted by Crippen LogP contribution is -2.59. The zero-order valence-corrected chi connectivity index (χ0v) is 23.2. The number of hydrogen-bond acceptors (Lipinski definition) is 5. The number of carbonyl (C=O) groups is 3. The van der Waals surface area contributed by atoms with Crippen LogP contribution < -0.4 is 10.6 Å². The number of amides is 3. The minimum absolute atomic E-state index is 0.0611. The van der Waals surface area contributed by atoms with E-state index in [4.69, 9.17) is 4.74 Å². The molecule has 8 nitrogen and oxygen atoms in total. The van der Waals surface area contributed by atoms with E-state index in [1.807, 2.05) is 20.8 Å². The van der Waals surface area contributed by atoms with Crippen LogP contribution >= 0.6 is 0 Å². The van der Waals surface area contributed by atoms with E-state index in [0.717, 1.165) is 32.1 Å². The summed E-state index contributed by atoms with van der Waals surface area (Å²) in [7, 11) is 0. The molecule has 1 aliphatic carbocycles. The number of benzene rings is 1. The lowest BCUT2D eigenvalue weighted by atomic mass is 9.90. The monoisotopic (exact) mass is 503 g/mol. The Morgan fingerprint density at radius 2 is 1.72 bits per heavy atom. The molecule has 1 aliphatic rings. The van der Waals surface area contributed by atoms with Crippen molar-refractivity contribution in [2.24, 2.45) is 0 Å². The van der Waals surface area contributed by atoms with Crippen LogP contribution in [0.3, 0.4) is 0 Å². The highest BCUT2D eigenvalue weighted by Crippen LogP contribution is 2.34. The van der Waals surface area contributed by atoms with Crippen LogP contribution in [-0.2, 0) is 14.3 Å². The Morgan fingerprint density at radius 1 is 1.11 bits per heavy atom. The smallest absolute Gasteiger partial charge is 0.408 e. The second-order valence-electron chi connectivity index (χ2n) is 11.5. The number of hydrogen-bond donors (Lipinski definition) is 3. The van der Waals surface area contributed by atoms with Gasteiger partial charge in [0, 0.05) is 11.6 Å². The van der Waals surface area contributed by atoms with Gasteiger partial charge in [-0.05, 0) is 91.0 Å². The molecule has 202 valence electrons. The molecule has 0 aromatic heterocycles. The fourth-order valence-corrected chi connectivity index (χ4v) is 4.49. The molecule has 0 aliphatic heterocycles. The number of carbonyl (C=O) groups excluding carboxylic acids is 3. The van der Waals surface area contributed by atoms with E-state index < -0.39 is 29.3 Å². The molecule has 2 unspecified atom stereocenters. The van der Waals surface area contributed by atoms with Crippen molar-refractivity contribution in [3.05, 3.63) is 29.3 Å². The summed E-state index contributed by atoms with van der Waals surface area (Å²) in [6.45, 7) is 14.4. The average Bonchev–Trinajstić information content (AvgIpc) is 2.78. The Morgan fingerprint density at radius 3 is 2.25 bits per heavy atom. The summed E-state index contributed by atoms with van der Waals surface area (Å²) in [6, 6.07) is 3.19. The van der Waals surface area contributed by atoms with Crippen LogP contribution in [-0.4, -0.2) is 51.1 Å².